The van der Waals surface area contributed by atoms with Crippen molar-refractivity contribution in [2.45, 2.75) is 128 Å². The number of aryl methyl sites for hydroxylation is 1. The molecule has 0 saturated heterocycles. The number of alkyl carbamates (subject to hydrolysis) is 2. The number of halogens is 1. The molecule has 0 unspecified atom stereocenters. The molecule has 22 nitrogen and oxygen atoms in total. The lowest BCUT2D eigenvalue weighted by Gasteiger charge is -2.31. The minimum absolute atomic E-state index is 0.00504. The number of carbonyl (C=O) groups is 8. The smallest absolute Gasteiger partial charge is 0.407 e. The van der Waals surface area contributed by atoms with Gasteiger partial charge in [0, 0.05) is 41.5 Å². The second kappa shape index (κ2) is 25.8. The van der Waals surface area contributed by atoms with Gasteiger partial charge in [0.25, 0.3) is 5.56 Å². The maximum Gasteiger partial charge on any atom is 0.407 e. The number of carbonyl (C=O) groups excluding carboxylic acids is 8. The number of rotatable bonds is 21. The fraction of sp³-hybridized carbons (Fsp3) is 0.385. The van der Waals surface area contributed by atoms with Gasteiger partial charge in [0.05, 0.1) is 54.7 Å². The number of fused-ring (bicyclic) bond motifs is 8. The molecule has 6 aromatic rings. The Morgan fingerprint density at radius 1 is 0.784 bits per heavy atom. The lowest BCUT2D eigenvalue weighted by atomic mass is 9.81. The van der Waals surface area contributed by atoms with Crippen molar-refractivity contribution >= 4 is 58.6 Å². The number of benzene rings is 4. The zero-order valence-corrected chi connectivity index (χ0v) is 49.5. The van der Waals surface area contributed by atoms with Crippen LogP contribution < -0.4 is 42.8 Å². The van der Waals surface area contributed by atoms with Crippen LogP contribution in [0.25, 0.3) is 33.4 Å². The summed E-state index contributed by atoms with van der Waals surface area (Å²) >= 11 is 0. The molecule has 4 aromatic carbocycles. The number of esters is 1. The van der Waals surface area contributed by atoms with Crippen molar-refractivity contribution in [3.05, 3.63) is 157 Å². The maximum absolute atomic E-state index is 15.6. The molecule has 7 amide bonds. The molecule has 0 bridgehead atoms. The van der Waals surface area contributed by atoms with Crippen LogP contribution in [0.15, 0.2) is 95.8 Å². The Bertz CT molecular complexity index is 3800. The summed E-state index contributed by atoms with van der Waals surface area (Å²) in [7, 11) is 0. The molecule has 10 rings (SSSR count). The Hall–Kier alpha value is -9.51. The average molecular weight is 1200 g/mol. The highest BCUT2D eigenvalue weighted by molar-refractivity contribution is 5.96. The third-order valence-corrected chi connectivity index (χ3v) is 16.5. The SMILES string of the molecule is CC[C@@]1(O)C(=O)OCc2c1cc1n(c2=O)Cc2c-1nc1cc(F)c(C)c3c1c2[C@@H](NC(=O)CNC(=O)[C@H](Cc1ccccc1)NC(=O)CNC(=O)CNC(=O)[C@H](CCCCNC(=O)OC(C)(C)C)NC(=O)OCC1c2ccccc2-c2ccccc21)CC3. The summed E-state index contributed by atoms with van der Waals surface area (Å²) in [4.78, 5) is 126. The largest absolute Gasteiger partial charge is 0.458 e. The predicted molar refractivity (Wildman–Crippen MR) is 320 cm³/mol. The van der Waals surface area contributed by atoms with Gasteiger partial charge in [-0.15, -0.1) is 0 Å². The van der Waals surface area contributed by atoms with Crippen LogP contribution in [0.4, 0.5) is 14.0 Å². The lowest BCUT2D eigenvalue weighted by molar-refractivity contribution is -0.172. The molecule has 2 aliphatic carbocycles. The molecule has 2 aromatic heterocycles. The summed E-state index contributed by atoms with van der Waals surface area (Å²) in [6.07, 6.45) is 0.0268. The molecular weight excluding hydrogens is 1130 g/mol. The Kier molecular flexibility index (Phi) is 18.1. The number of nitrogens with zero attached hydrogens (tertiary/aromatic N) is 2. The van der Waals surface area contributed by atoms with Crippen molar-refractivity contribution in [2.24, 2.45) is 0 Å². The number of cyclic esters (lactones) is 1. The molecule has 0 saturated carbocycles. The molecule has 23 heteroatoms. The Morgan fingerprint density at radius 2 is 1.44 bits per heavy atom. The number of unbranched alkanes of at least 4 members (excludes halogenated alkanes) is 1. The van der Waals surface area contributed by atoms with E-state index in [4.69, 9.17) is 19.2 Å². The van der Waals surface area contributed by atoms with Crippen LogP contribution in [0.2, 0.25) is 0 Å². The summed E-state index contributed by atoms with van der Waals surface area (Å²) in [5.41, 5.74) is 4.95. The standard InChI is InChI=1S/C65H70FN9O13/c1-6-65(85)45-27-51-57-42(32-75(51)60(81)44(45)34-86-61(65)82)56-47(24-23-37-35(2)46(66)28-49(73-57)55(37)56)71-54(78)31-70-59(80)50(26-36-16-8-7-9-17-36)72-53(77)30-68-52(76)29-69-58(79)48(22-14-15-25-67-62(83)88-64(3,4)5)74-63(84)87-33-43-40-20-12-10-18-38(40)39-19-11-13-21-41(39)43/h7-13,16-21,27-28,43,47-48,50,85H,6,14-15,22-26,29-34H2,1-5H3,(H,67,83)(H,68,76)(H,69,79)(H,70,80)(H,71,78)(H,72,77)(H,74,84)/t47-,48-,50-,65-/m0/s1. The van der Waals surface area contributed by atoms with Crippen molar-refractivity contribution in [3.8, 4) is 22.5 Å². The van der Waals surface area contributed by atoms with Crippen molar-refractivity contribution in [3.63, 3.8) is 0 Å². The zero-order valence-electron chi connectivity index (χ0n) is 49.5. The first-order chi connectivity index (χ1) is 42.1. The molecule has 4 heterocycles. The quantitative estimate of drug-likeness (QED) is 0.0257. The normalized spacial score (nSPS) is 16.7. The fourth-order valence-electron chi connectivity index (χ4n) is 12.1. The van der Waals surface area contributed by atoms with Crippen LogP contribution in [0.3, 0.4) is 0 Å². The van der Waals surface area contributed by atoms with E-state index in [0.717, 1.165) is 22.3 Å². The number of hydrogen-bond acceptors (Lipinski definition) is 14. The predicted octanol–water partition coefficient (Wildman–Crippen LogP) is 5.31. The first kappa shape index (κ1) is 61.6. The van der Waals surface area contributed by atoms with E-state index in [-0.39, 0.29) is 68.1 Å². The summed E-state index contributed by atoms with van der Waals surface area (Å²) < 4.78 is 33.3. The Balaban J connectivity index is 0.760. The lowest BCUT2D eigenvalue weighted by Crippen LogP contribution is -2.53. The highest BCUT2D eigenvalue weighted by atomic mass is 19.1. The molecule has 4 aliphatic rings. The highest BCUT2D eigenvalue weighted by Gasteiger charge is 2.46. The van der Waals surface area contributed by atoms with Gasteiger partial charge in [-0.2, -0.15) is 0 Å². The van der Waals surface area contributed by atoms with Gasteiger partial charge in [0.15, 0.2) is 5.60 Å². The molecule has 88 heavy (non-hydrogen) atoms. The van der Waals surface area contributed by atoms with Crippen LogP contribution in [0, 0.1) is 12.7 Å². The minimum atomic E-state index is -2.08. The molecule has 0 spiro atoms. The van der Waals surface area contributed by atoms with Crippen molar-refractivity contribution in [2.75, 3.05) is 32.8 Å². The van der Waals surface area contributed by atoms with Gasteiger partial charge in [-0.05, 0) is 117 Å². The molecule has 0 fully saturated rings. The van der Waals surface area contributed by atoms with Crippen LogP contribution in [-0.2, 0) is 74.6 Å². The summed E-state index contributed by atoms with van der Waals surface area (Å²) in [6, 6.07) is 24.2. The molecule has 8 N–H and O–H groups in total. The van der Waals surface area contributed by atoms with Crippen LogP contribution in [0.5, 0.6) is 0 Å². The zero-order chi connectivity index (χ0) is 62.6. The van der Waals surface area contributed by atoms with E-state index < -0.39 is 108 Å². The van der Waals surface area contributed by atoms with Crippen molar-refractivity contribution in [1.82, 2.24) is 46.8 Å². The molecule has 2 aliphatic heterocycles. The second-order valence-electron chi connectivity index (χ2n) is 23.4. The van der Waals surface area contributed by atoms with Crippen molar-refractivity contribution < 1.29 is 62.1 Å². The van der Waals surface area contributed by atoms with E-state index in [9.17, 15) is 48.3 Å². The third kappa shape index (κ3) is 13.1. The fourth-order valence-corrected chi connectivity index (χ4v) is 12.1. The highest BCUT2D eigenvalue weighted by Crippen LogP contribution is 2.47. The Labute approximate surface area is 506 Å². The number of nitrogens with one attached hydrogen (secondary N) is 7. The van der Waals surface area contributed by atoms with E-state index in [1.807, 2.05) is 48.5 Å². The number of aromatic nitrogens is 2. The average Bonchev–Trinajstić information content (AvgIpc) is 1.50. The van der Waals surface area contributed by atoms with Gasteiger partial charge >= 0.3 is 18.2 Å². The minimum Gasteiger partial charge on any atom is -0.458 e. The van der Waals surface area contributed by atoms with Crippen LogP contribution in [0.1, 0.15) is 122 Å². The number of hydrogen-bond donors (Lipinski definition) is 8. The van der Waals surface area contributed by atoms with E-state index in [1.54, 1.807) is 71.0 Å². The van der Waals surface area contributed by atoms with Gasteiger partial charge in [-0.3, -0.25) is 28.8 Å². The molecule has 0 radical (unpaired) electrons. The summed E-state index contributed by atoms with van der Waals surface area (Å²) in [5.74, 6) is -5.17. The van der Waals surface area contributed by atoms with E-state index in [2.05, 4.69) is 37.2 Å². The van der Waals surface area contributed by atoms with E-state index in [1.165, 1.54) is 10.6 Å². The first-order valence-electron chi connectivity index (χ1n) is 29.5. The molecule has 4 atom stereocenters. The number of pyridine rings is 2. The van der Waals surface area contributed by atoms with Gasteiger partial charge in [0.1, 0.15) is 36.7 Å². The molecule has 460 valence electrons. The van der Waals surface area contributed by atoms with Gasteiger partial charge in [-0.1, -0.05) is 85.8 Å². The van der Waals surface area contributed by atoms with Crippen molar-refractivity contribution in [1.29, 1.82) is 0 Å². The van der Waals surface area contributed by atoms with Crippen LogP contribution >= 0.6 is 0 Å². The van der Waals surface area contributed by atoms with Gasteiger partial charge in [-0.25, -0.2) is 23.8 Å². The van der Waals surface area contributed by atoms with Gasteiger partial charge in [0.2, 0.25) is 29.5 Å². The molecular formula is C65H70FN9O13. The number of amides is 7. The Morgan fingerprint density at radius 3 is 2.14 bits per heavy atom. The first-order valence-corrected chi connectivity index (χ1v) is 29.5. The monoisotopic (exact) mass is 1200 g/mol. The van der Waals surface area contributed by atoms with E-state index in [0.29, 0.717) is 70.3 Å². The summed E-state index contributed by atoms with van der Waals surface area (Å²) in [6.45, 7) is 6.64. The second-order valence-corrected chi connectivity index (χ2v) is 23.4. The number of ether oxygens (including phenoxy) is 3. The van der Waals surface area contributed by atoms with E-state index >= 15 is 4.39 Å². The maximum atomic E-state index is 15.6. The van der Waals surface area contributed by atoms with Gasteiger partial charge < -0.3 is 61.1 Å². The number of aliphatic hydroxyl groups is 1. The van der Waals surface area contributed by atoms with Crippen LogP contribution in [-0.4, -0.2) is 113 Å². The summed E-state index contributed by atoms with van der Waals surface area (Å²) in [5, 5.41) is 30.7. The topological polar surface area (TPSA) is 304 Å². The third-order valence-electron chi connectivity index (χ3n) is 16.5.